The Bertz CT molecular complexity index is 654. The minimum absolute atomic E-state index is 0.0581. The van der Waals surface area contributed by atoms with Crippen molar-refractivity contribution >= 4 is 23.2 Å². The van der Waals surface area contributed by atoms with Crippen LogP contribution in [0.25, 0.3) is 0 Å². The smallest absolute Gasteiger partial charge is 0.427 e. The first-order valence-electron chi connectivity index (χ1n) is 9.86. The fourth-order valence-corrected chi connectivity index (χ4v) is 5.98. The summed E-state index contributed by atoms with van der Waals surface area (Å²) in [6, 6.07) is -0.854. The normalized spacial score (nSPS) is 27.9. The van der Waals surface area contributed by atoms with Crippen molar-refractivity contribution in [3.63, 3.8) is 0 Å². The Morgan fingerprint density at radius 3 is 2.46 bits per heavy atom. The van der Waals surface area contributed by atoms with Gasteiger partial charge in [-0.25, -0.2) is 0 Å². The molecule has 0 bridgehead atoms. The molecule has 0 saturated carbocycles. The number of likely N-dealkylation sites (N-methyl/N-ethyl adjacent to an activating group) is 1. The predicted octanol–water partition coefficient (Wildman–Crippen LogP) is -1.99. The number of likely N-dealkylation sites (tertiary alicyclic amines) is 1. The van der Waals surface area contributed by atoms with Crippen molar-refractivity contribution in [2.24, 2.45) is 17.4 Å². The summed E-state index contributed by atoms with van der Waals surface area (Å²) in [7, 11) is -5.07. The van der Waals surface area contributed by atoms with E-state index in [1.807, 2.05) is 6.92 Å². The van der Waals surface area contributed by atoms with Crippen LogP contribution in [0.3, 0.4) is 0 Å². The number of nitrogens with two attached hydrogens (primary N) is 2. The highest BCUT2D eigenvalue weighted by molar-refractivity contribution is 7.86. The molecular formula is C16H34BN5O5S. The van der Waals surface area contributed by atoms with Gasteiger partial charge in [-0.1, -0.05) is 13.3 Å². The molecule has 0 aromatic rings. The Morgan fingerprint density at radius 2 is 1.96 bits per heavy atom. The van der Waals surface area contributed by atoms with Gasteiger partial charge in [0.25, 0.3) is 10.2 Å². The standard InChI is InChI=1S/C16H34BN5O5S/c1-4-22(14-9-20(10-14)15(23)12(2)18)28(26,27)21-8-13(16(3,19)11-21)6-5-7-17(24)25/h12-14,24-25H,4-11,18-19H2,1-3H3/t12-,13-,16-/m0/s1. The maximum absolute atomic E-state index is 13.2. The third-order valence-corrected chi connectivity index (χ3v) is 7.87. The lowest BCUT2D eigenvalue weighted by atomic mass is 9.79. The van der Waals surface area contributed by atoms with E-state index in [1.54, 1.807) is 18.7 Å². The fraction of sp³-hybridized carbons (Fsp3) is 0.938. The van der Waals surface area contributed by atoms with E-state index in [9.17, 15) is 13.2 Å². The molecule has 2 fully saturated rings. The summed E-state index contributed by atoms with van der Waals surface area (Å²) in [5.41, 5.74) is 11.3. The lowest BCUT2D eigenvalue weighted by molar-refractivity contribution is -0.138. The van der Waals surface area contributed by atoms with Gasteiger partial charge < -0.3 is 26.4 Å². The highest BCUT2D eigenvalue weighted by atomic mass is 32.2. The zero-order chi connectivity index (χ0) is 21.3. The SMILES string of the molecule is CCN(C1CN(C(=O)[C@H](C)N)C1)S(=O)(=O)N1C[C@H](CCCB(O)O)[C@@](C)(N)C1. The van der Waals surface area contributed by atoms with E-state index in [-0.39, 0.29) is 30.7 Å². The molecule has 0 aliphatic carbocycles. The van der Waals surface area contributed by atoms with Crippen molar-refractivity contribution in [1.29, 1.82) is 0 Å². The molecule has 0 radical (unpaired) electrons. The molecule has 1 amide bonds. The molecule has 0 aromatic carbocycles. The van der Waals surface area contributed by atoms with Crippen molar-refractivity contribution in [3.8, 4) is 0 Å². The molecule has 12 heteroatoms. The summed E-state index contributed by atoms with van der Waals surface area (Å²) in [6.45, 7) is 6.77. The van der Waals surface area contributed by atoms with E-state index < -0.39 is 28.9 Å². The average molecular weight is 419 g/mol. The number of hydrogen-bond acceptors (Lipinski definition) is 7. The third kappa shape index (κ3) is 5.04. The molecule has 10 nitrogen and oxygen atoms in total. The summed E-state index contributed by atoms with van der Waals surface area (Å²) in [5, 5.41) is 18.0. The lowest BCUT2D eigenvalue weighted by Gasteiger charge is -2.45. The van der Waals surface area contributed by atoms with Gasteiger partial charge in [0, 0.05) is 38.3 Å². The van der Waals surface area contributed by atoms with Crippen LogP contribution >= 0.6 is 0 Å². The molecular weight excluding hydrogens is 385 g/mol. The Balaban J connectivity index is 2.01. The van der Waals surface area contributed by atoms with Crippen molar-refractivity contribution in [2.45, 2.75) is 57.6 Å². The Morgan fingerprint density at radius 1 is 1.36 bits per heavy atom. The number of carbonyl (C=O) groups excluding carboxylic acids is 1. The second-order valence-corrected chi connectivity index (χ2v) is 10.2. The van der Waals surface area contributed by atoms with Crippen LogP contribution in [0.4, 0.5) is 0 Å². The predicted molar refractivity (Wildman–Crippen MR) is 107 cm³/mol. The molecule has 0 spiro atoms. The first kappa shape index (κ1) is 23.5. The highest BCUT2D eigenvalue weighted by Gasteiger charge is 2.48. The zero-order valence-corrected chi connectivity index (χ0v) is 17.8. The Labute approximate surface area is 168 Å². The fourth-order valence-electron chi connectivity index (χ4n) is 4.04. The summed E-state index contributed by atoms with van der Waals surface area (Å²) in [6.07, 6.45) is 1.44. The summed E-state index contributed by atoms with van der Waals surface area (Å²) in [5.74, 6) is -0.233. The molecule has 2 saturated heterocycles. The topological polar surface area (TPSA) is 153 Å². The second kappa shape index (κ2) is 8.94. The van der Waals surface area contributed by atoms with Crippen LogP contribution in [0.2, 0.25) is 6.32 Å². The Kier molecular flexibility index (Phi) is 7.51. The molecule has 2 aliphatic rings. The largest absolute Gasteiger partial charge is 0.451 e. The first-order valence-corrected chi connectivity index (χ1v) is 11.3. The summed E-state index contributed by atoms with van der Waals surface area (Å²) < 4.78 is 29.3. The van der Waals surface area contributed by atoms with Gasteiger partial charge in [-0.15, -0.1) is 0 Å². The molecule has 2 aliphatic heterocycles. The van der Waals surface area contributed by atoms with Gasteiger partial charge >= 0.3 is 7.12 Å². The van der Waals surface area contributed by atoms with Gasteiger partial charge in [-0.3, -0.25) is 4.79 Å². The van der Waals surface area contributed by atoms with E-state index in [0.717, 1.165) is 0 Å². The molecule has 28 heavy (non-hydrogen) atoms. The van der Waals surface area contributed by atoms with Gasteiger partial charge in [0.1, 0.15) is 0 Å². The number of amides is 1. The van der Waals surface area contributed by atoms with Crippen molar-refractivity contribution < 1.29 is 23.3 Å². The number of hydrogen-bond donors (Lipinski definition) is 4. The van der Waals surface area contributed by atoms with Crippen molar-refractivity contribution in [1.82, 2.24) is 13.5 Å². The van der Waals surface area contributed by atoms with E-state index in [0.29, 0.717) is 39.0 Å². The van der Waals surface area contributed by atoms with E-state index in [2.05, 4.69) is 0 Å². The summed E-state index contributed by atoms with van der Waals surface area (Å²) >= 11 is 0. The third-order valence-electron chi connectivity index (χ3n) is 5.79. The maximum atomic E-state index is 13.2. The quantitative estimate of drug-likeness (QED) is 0.316. The number of rotatable bonds is 9. The number of nitrogens with zero attached hydrogens (tertiary/aromatic N) is 3. The van der Waals surface area contributed by atoms with Gasteiger partial charge in [-0.05, 0) is 32.5 Å². The van der Waals surface area contributed by atoms with Crippen LogP contribution in [0, 0.1) is 5.92 Å². The maximum Gasteiger partial charge on any atom is 0.451 e. The molecule has 6 N–H and O–H groups in total. The molecule has 0 unspecified atom stereocenters. The highest BCUT2D eigenvalue weighted by Crippen LogP contribution is 2.33. The summed E-state index contributed by atoms with van der Waals surface area (Å²) in [4.78, 5) is 13.5. The van der Waals surface area contributed by atoms with Gasteiger partial charge in [0.15, 0.2) is 0 Å². The monoisotopic (exact) mass is 419 g/mol. The minimum Gasteiger partial charge on any atom is -0.427 e. The molecule has 2 rings (SSSR count). The zero-order valence-electron chi connectivity index (χ0n) is 17.0. The van der Waals surface area contributed by atoms with Crippen LogP contribution in [0.5, 0.6) is 0 Å². The average Bonchev–Trinajstić information content (AvgIpc) is 2.84. The van der Waals surface area contributed by atoms with Crippen LogP contribution in [-0.4, -0.2) is 95.3 Å². The van der Waals surface area contributed by atoms with Crippen LogP contribution in [0.15, 0.2) is 0 Å². The lowest BCUT2D eigenvalue weighted by Crippen LogP contribution is -2.65. The van der Waals surface area contributed by atoms with Gasteiger partial charge in [0.2, 0.25) is 5.91 Å². The molecule has 0 aromatic heterocycles. The van der Waals surface area contributed by atoms with Crippen molar-refractivity contribution in [3.05, 3.63) is 0 Å². The number of carbonyl (C=O) groups is 1. The van der Waals surface area contributed by atoms with Gasteiger partial charge in [-0.2, -0.15) is 17.0 Å². The van der Waals surface area contributed by atoms with E-state index in [4.69, 9.17) is 21.5 Å². The van der Waals surface area contributed by atoms with Crippen molar-refractivity contribution in [2.75, 3.05) is 32.7 Å². The first-order chi connectivity index (χ1) is 12.9. The molecule has 162 valence electrons. The second-order valence-electron chi connectivity index (χ2n) is 8.30. The minimum atomic E-state index is -3.71. The molecule has 3 atom stereocenters. The van der Waals surface area contributed by atoms with Gasteiger partial charge in [0.05, 0.1) is 12.1 Å². The van der Waals surface area contributed by atoms with Crippen LogP contribution in [-0.2, 0) is 15.0 Å². The van der Waals surface area contributed by atoms with E-state index >= 15 is 0 Å². The van der Waals surface area contributed by atoms with Crippen LogP contribution in [0.1, 0.15) is 33.6 Å². The molecule has 2 heterocycles. The Hall–Kier alpha value is -0.755. The van der Waals surface area contributed by atoms with E-state index in [1.165, 1.54) is 8.61 Å². The van der Waals surface area contributed by atoms with Crippen LogP contribution < -0.4 is 11.5 Å².